The molecule has 0 aromatic carbocycles. The van der Waals surface area contributed by atoms with Gasteiger partial charge in [0.15, 0.2) is 0 Å². The Labute approximate surface area is 137 Å². The first kappa shape index (κ1) is 14.9. The van der Waals surface area contributed by atoms with Crippen molar-refractivity contribution in [1.29, 1.82) is 0 Å². The van der Waals surface area contributed by atoms with Crippen LogP contribution >= 0.6 is 0 Å². The molecule has 1 unspecified atom stereocenters. The summed E-state index contributed by atoms with van der Waals surface area (Å²) in [5, 5.41) is 6.09. The molecule has 4 N–H and O–H groups in total. The summed E-state index contributed by atoms with van der Waals surface area (Å²) in [6, 6.07) is 0. The molecule has 24 heavy (non-hydrogen) atoms. The summed E-state index contributed by atoms with van der Waals surface area (Å²) < 4.78 is 0. The molecule has 0 saturated carbocycles. The van der Waals surface area contributed by atoms with E-state index in [1.54, 1.807) is 0 Å². The SMILES string of the molecule is Nc1ncc2c(n1)C1(CCCN(C(=O)Cc3n[nH]c(=O)[nH]3)C1)CC2. The fraction of sp³-hybridized carbons (Fsp3) is 0.533. The Bertz CT molecular complexity index is 838. The molecule has 9 heteroatoms. The van der Waals surface area contributed by atoms with Crippen molar-refractivity contribution in [3.05, 3.63) is 33.8 Å². The quantitative estimate of drug-likeness (QED) is 0.681. The van der Waals surface area contributed by atoms with E-state index in [2.05, 4.69) is 25.1 Å². The summed E-state index contributed by atoms with van der Waals surface area (Å²) in [5.74, 6) is 0.614. The maximum Gasteiger partial charge on any atom is 0.340 e. The molecule has 0 bridgehead atoms. The molecule has 2 aromatic rings. The predicted octanol–water partition coefficient (Wildman–Crippen LogP) is -0.481. The Kier molecular flexibility index (Phi) is 3.36. The van der Waals surface area contributed by atoms with Crippen LogP contribution in [0.25, 0.3) is 0 Å². The van der Waals surface area contributed by atoms with Gasteiger partial charge in [-0.25, -0.2) is 19.9 Å². The summed E-state index contributed by atoms with van der Waals surface area (Å²) in [4.78, 5) is 36.6. The van der Waals surface area contributed by atoms with Crippen molar-refractivity contribution >= 4 is 11.9 Å². The number of carbonyl (C=O) groups is 1. The van der Waals surface area contributed by atoms with Crippen LogP contribution in [0.3, 0.4) is 0 Å². The highest BCUT2D eigenvalue weighted by Crippen LogP contribution is 2.44. The number of fused-ring (bicyclic) bond motifs is 2. The lowest BCUT2D eigenvalue weighted by Gasteiger charge is -2.40. The predicted molar refractivity (Wildman–Crippen MR) is 85.2 cm³/mol. The average Bonchev–Trinajstić information content (AvgIpc) is 3.12. The number of likely N-dealkylation sites (tertiary alicyclic amines) is 1. The summed E-state index contributed by atoms with van der Waals surface area (Å²) in [6.07, 6.45) is 5.70. The van der Waals surface area contributed by atoms with Gasteiger partial charge < -0.3 is 10.6 Å². The molecule has 1 amide bonds. The van der Waals surface area contributed by atoms with E-state index >= 15 is 0 Å². The third kappa shape index (κ3) is 2.45. The minimum atomic E-state index is -0.398. The number of hydrogen-bond acceptors (Lipinski definition) is 6. The highest BCUT2D eigenvalue weighted by molar-refractivity contribution is 5.78. The number of nitrogen functional groups attached to an aromatic ring is 1. The van der Waals surface area contributed by atoms with Crippen LogP contribution in [0.1, 0.15) is 36.3 Å². The van der Waals surface area contributed by atoms with Crippen molar-refractivity contribution in [3.63, 3.8) is 0 Å². The summed E-state index contributed by atoms with van der Waals surface area (Å²) in [7, 11) is 0. The molecule has 9 nitrogen and oxygen atoms in total. The Hall–Kier alpha value is -2.71. The second-order valence-electron chi connectivity index (χ2n) is 6.60. The molecule has 4 rings (SSSR count). The van der Waals surface area contributed by atoms with Crippen LogP contribution in [0.4, 0.5) is 5.95 Å². The van der Waals surface area contributed by atoms with Gasteiger partial charge in [0.2, 0.25) is 11.9 Å². The molecular weight excluding hydrogens is 310 g/mol. The third-order valence-electron chi connectivity index (χ3n) is 5.06. The molecule has 1 aliphatic carbocycles. The maximum atomic E-state index is 12.6. The molecule has 1 spiro atoms. The Morgan fingerprint density at radius 2 is 2.29 bits per heavy atom. The van der Waals surface area contributed by atoms with Crippen LogP contribution in [0.2, 0.25) is 0 Å². The molecule has 1 atom stereocenters. The van der Waals surface area contributed by atoms with E-state index < -0.39 is 5.69 Å². The van der Waals surface area contributed by atoms with E-state index in [9.17, 15) is 9.59 Å². The number of piperidine rings is 1. The maximum absolute atomic E-state index is 12.6. The van der Waals surface area contributed by atoms with Crippen molar-refractivity contribution in [2.24, 2.45) is 0 Å². The van der Waals surface area contributed by atoms with E-state index in [0.29, 0.717) is 18.9 Å². The van der Waals surface area contributed by atoms with Crippen LogP contribution in [0.5, 0.6) is 0 Å². The number of nitrogens with zero attached hydrogens (tertiary/aromatic N) is 4. The van der Waals surface area contributed by atoms with Gasteiger partial charge in [-0.2, -0.15) is 5.10 Å². The van der Waals surface area contributed by atoms with Crippen LogP contribution in [0, 0.1) is 0 Å². The summed E-state index contributed by atoms with van der Waals surface area (Å²) in [5.41, 5.74) is 7.38. The van der Waals surface area contributed by atoms with Crippen LogP contribution in [0.15, 0.2) is 11.0 Å². The van der Waals surface area contributed by atoms with Gasteiger partial charge in [-0.15, -0.1) is 0 Å². The van der Waals surface area contributed by atoms with Crippen LogP contribution < -0.4 is 11.4 Å². The zero-order valence-electron chi connectivity index (χ0n) is 13.2. The van der Waals surface area contributed by atoms with E-state index in [0.717, 1.165) is 36.9 Å². The van der Waals surface area contributed by atoms with Gasteiger partial charge in [-0.05, 0) is 31.2 Å². The van der Waals surface area contributed by atoms with Crippen LogP contribution in [-0.2, 0) is 23.1 Å². The van der Waals surface area contributed by atoms with E-state index in [1.165, 1.54) is 0 Å². The Balaban J connectivity index is 1.55. The second-order valence-corrected chi connectivity index (χ2v) is 6.60. The number of nitrogens with one attached hydrogen (secondary N) is 2. The van der Waals surface area contributed by atoms with Gasteiger partial charge in [0.05, 0.1) is 12.1 Å². The topological polar surface area (TPSA) is 134 Å². The molecule has 2 aromatic heterocycles. The summed E-state index contributed by atoms with van der Waals surface area (Å²) in [6.45, 7) is 1.34. The molecule has 126 valence electrons. The van der Waals surface area contributed by atoms with Crippen molar-refractivity contribution in [3.8, 4) is 0 Å². The lowest BCUT2D eigenvalue weighted by atomic mass is 9.77. The molecule has 0 radical (unpaired) electrons. The average molecular weight is 329 g/mol. The van der Waals surface area contributed by atoms with Gasteiger partial charge >= 0.3 is 5.69 Å². The zero-order chi connectivity index (χ0) is 16.7. The first-order chi connectivity index (χ1) is 11.6. The third-order valence-corrected chi connectivity index (χ3v) is 5.06. The molecular formula is C15H19N7O2. The minimum Gasteiger partial charge on any atom is -0.368 e. The largest absolute Gasteiger partial charge is 0.368 e. The highest BCUT2D eigenvalue weighted by Gasteiger charge is 2.44. The van der Waals surface area contributed by atoms with Crippen LogP contribution in [-0.4, -0.2) is 49.0 Å². The molecule has 1 saturated heterocycles. The number of anilines is 1. The van der Waals surface area contributed by atoms with Gasteiger partial charge in [-0.3, -0.25) is 9.78 Å². The standard InChI is InChI=1S/C15H19N7O2/c16-13-17-7-9-2-4-15(12(9)19-13)3-1-5-22(8-15)11(23)6-10-18-14(24)21-20-10/h7H,1-6,8H2,(H2,16,17,19)(H2,18,20,21,24). The van der Waals surface area contributed by atoms with Crippen molar-refractivity contribution in [2.45, 2.75) is 37.5 Å². The zero-order valence-corrected chi connectivity index (χ0v) is 13.2. The minimum absolute atomic E-state index is 0.0349. The second kappa shape index (κ2) is 5.43. The lowest BCUT2D eigenvalue weighted by Crippen LogP contribution is -2.48. The molecule has 3 heterocycles. The van der Waals surface area contributed by atoms with E-state index in [1.807, 2.05) is 11.1 Å². The Morgan fingerprint density at radius 1 is 1.42 bits per heavy atom. The normalized spacial score (nSPS) is 22.8. The molecule has 1 aliphatic heterocycles. The lowest BCUT2D eigenvalue weighted by molar-refractivity contribution is -0.132. The summed E-state index contributed by atoms with van der Waals surface area (Å²) >= 11 is 0. The van der Waals surface area contributed by atoms with Gasteiger partial charge in [-0.1, -0.05) is 0 Å². The number of carbonyl (C=O) groups excluding carboxylic acids is 1. The monoisotopic (exact) mass is 329 g/mol. The molecule has 2 aliphatic rings. The first-order valence-electron chi connectivity index (χ1n) is 8.09. The molecule has 1 fully saturated rings. The fourth-order valence-corrected chi connectivity index (χ4v) is 3.94. The Morgan fingerprint density at radius 3 is 3.08 bits per heavy atom. The van der Waals surface area contributed by atoms with E-state index in [4.69, 9.17) is 5.73 Å². The number of aromatic amines is 2. The van der Waals surface area contributed by atoms with Crippen molar-refractivity contribution in [1.82, 2.24) is 30.0 Å². The van der Waals surface area contributed by atoms with E-state index in [-0.39, 0.29) is 23.7 Å². The number of aryl methyl sites for hydroxylation is 1. The van der Waals surface area contributed by atoms with Gasteiger partial charge in [0.1, 0.15) is 5.82 Å². The highest BCUT2D eigenvalue weighted by atomic mass is 16.2. The smallest absolute Gasteiger partial charge is 0.340 e. The van der Waals surface area contributed by atoms with Crippen molar-refractivity contribution in [2.75, 3.05) is 18.8 Å². The number of nitrogens with two attached hydrogens (primary N) is 1. The number of hydrogen-bond donors (Lipinski definition) is 3. The fourth-order valence-electron chi connectivity index (χ4n) is 3.94. The number of aromatic nitrogens is 5. The van der Waals surface area contributed by atoms with Crippen molar-refractivity contribution < 1.29 is 4.79 Å². The number of rotatable bonds is 2. The number of amides is 1. The van der Waals surface area contributed by atoms with Gasteiger partial charge in [0, 0.05) is 24.7 Å². The number of H-pyrrole nitrogens is 2. The van der Waals surface area contributed by atoms with Gasteiger partial charge in [0.25, 0.3) is 0 Å². The first-order valence-corrected chi connectivity index (χ1v) is 8.09.